The van der Waals surface area contributed by atoms with E-state index in [2.05, 4.69) is 30.9 Å². The molecule has 1 saturated heterocycles. The van der Waals surface area contributed by atoms with Crippen LogP contribution in [0.5, 0.6) is 5.75 Å². The summed E-state index contributed by atoms with van der Waals surface area (Å²) >= 11 is 0. The highest BCUT2D eigenvalue weighted by atomic mass is 16.5. The van der Waals surface area contributed by atoms with E-state index in [9.17, 15) is 5.11 Å². The van der Waals surface area contributed by atoms with Crippen molar-refractivity contribution in [2.24, 2.45) is 0 Å². The number of aliphatic hydroxyl groups is 1. The number of rotatable bonds is 6. The van der Waals surface area contributed by atoms with Crippen molar-refractivity contribution in [2.45, 2.75) is 51.7 Å². The van der Waals surface area contributed by atoms with Crippen LogP contribution in [0.2, 0.25) is 0 Å². The molecule has 1 aromatic carbocycles. The SMILES string of the molecule is CCc1ccc(OC[C@@H](O)CN2CCCC[C@@H]2C)cc1. The Morgan fingerprint density at radius 1 is 1.30 bits per heavy atom. The summed E-state index contributed by atoms with van der Waals surface area (Å²) in [4.78, 5) is 2.37. The van der Waals surface area contributed by atoms with E-state index in [4.69, 9.17) is 4.74 Å². The molecule has 0 spiro atoms. The Morgan fingerprint density at radius 2 is 2.05 bits per heavy atom. The number of benzene rings is 1. The van der Waals surface area contributed by atoms with Gasteiger partial charge in [0.15, 0.2) is 0 Å². The highest BCUT2D eigenvalue weighted by Crippen LogP contribution is 2.17. The minimum atomic E-state index is -0.415. The molecular formula is C17H27NO2. The summed E-state index contributed by atoms with van der Waals surface area (Å²) in [6.07, 6.45) is 4.42. The maximum absolute atomic E-state index is 10.1. The van der Waals surface area contributed by atoms with E-state index in [0.29, 0.717) is 19.2 Å². The Bertz CT molecular complexity index is 390. The number of ether oxygens (including phenoxy) is 1. The first-order chi connectivity index (χ1) is 9.69. The lowest BCUT2D eigenvalue weighted by atomic mass is 10.0. The number of hydrogen-bond acceptors (Lipinski definition) is 3. The van der Waals surface area contributed by atoms with Crippen molar-refractivity contribution < 1.29 is 9.84 Å². The zero-order valence-corrected chi connectivity index (χ0v) is 12.7. The molecule has 2 rings (SSSR count). The quantitative estimate of drug-likeness (QED) is 0.868. The standard InChI is InChI=1S/C17H27NO2/c1-3-15-7-9-17(10-8-15)20-13-16(19)12-18-11-5-4-6-14(18)2/h7-10,14,16,19H,3-6,11-13H2,1-2H3/t14-,16-/m0/s1. The highest BCUT2D eigenvalue weighted by molar-refractivity contribution is 5.27. The lowest BCUT2D eigenvalue weighted by Crippen LogP contribution is -2.43. The van der Waals surface area contributed by atoms with E-state index in [1.54, 1.807) is 0 Å². The fraction of sp³-hybridized carbons (Fsp3) is 0.647. The van der Waals surface area contributed by atoms with Crippen molar-refractivity contribution in [3.05, 3.63) is 29.8 Å². The molecule has 1 fully saturated rings. The third-order valence-corrected chi connectivity index (χ3v) is 4.16. The van der Waals surface area contributed by atoms with Crippen LogP contribution in [0, 0.1) is 0 Å². The van der Waals surface area contributed by atoms with E-state index in [1.807, 2.05) is 12.1 Å². The van der Waals surface area contributed by atoms with E-state index in [0.717, 1.165) is 18.7 Å². The first-order valence-corrected chi connectivity index (χ1v) is 7.83. The molecule has 3 nitrogen and oxygen atoms in total. The molecule has 0 radical (unpaired) electrons. The molecule has 0 aliphatic carbocycles. The van der Waals surface area contributed by atoms with Crippen molar-refractivity contribution in [1.29, 1.82) is 0 Å². The molecule has 1 aliphatic rings. The summed E-state index contributed by atoms with van der Waals surface area (Å²) in [5.41, 5.74) is 1.31. The number of hydrogen-bond donors (Lipinski definition) is 1. The van der Waals surface area contributed by atoms with Crippen LogP contribution in [-0.2, 0) is 6.42 Å². The number of aryl methyl sites for hydroxylation is 1. The zero-order valence-electron chi connectivity index (χ0n) is 12.7. The normalized spacial score (nSPS) is 21.6. The molecule has 0 unspecified atom stereocenters. The third kappa shape index (κ3) is 4.50. The van der Waals surface area contributed by atoms with Gasteiger partial charge < -0.3 is 9.84 Å². The van der Waals surface area contributed by atoms with Crippen LogP contribution in [0.4, 0.5) is 0 Å². The fourth-order valence-electron chi connectivity index (χ4n) is 2.77. The minimum absolute atomic E-state index is 0.370. The average Bonchev–Trinajstić information content (AvgIpc) is 2.48. The summed E-state index contributed by atoms with van der Waals surface area (Å²) < 4.78 is 5.67. The Hall–Kier alpha value is -1.06. The van der Waals surface area contributed by atoms with Crippen LogP contribution in [0.3, 0.4) is 0 Å². The summed E-state index contributed by atoms with van der Waals surface area (Å²) in [6.45, 7) is 6.57. The second kappa shape index (κ2) is 7.65. The molecule has 3 heteroatoms. The molecule has 1 aromatic rings. The minimum Gasteiger partial charge on any atom is -0.491 e. The monoisotopic (exact) mass is 277 g/mol. The Morgan fingerprint density at radius 3 is 2.70 bits per heavy atom. The van der Waals surface area contributed by atoms with Crippen molar-refractivity contribution in [2.75, 3.05) is 19.7 Å². The van der Waals surface area contributed by atoms with Gasteiger partial charge in [0.1, 0.15) is 18.5 Å². The molecule has 0 amide bonds. The average molecular weight is 277 g/mol. The fourth-order valence-corrected chi connectivity index (χ4v) is 2.77. The van der Waals surface area contributed by atoms with Gasteiger partial charge in [0.05, 0.1) is 0 Å². The lowest BCUT2D eigenvalue weighted by Gasteiger charge is -2.34. The molecule has 0 bridgehead atoms. The van der Waals surface area contributed by atoms with Crippen molar-refractivity contribution >= 4 is 0 Å². The van der Waals surface area contributed by atoms with Crippen LogP contribution in [0.25, 0.3) is 0 Å². The van der Waals surface area contributed by atoms with Crippen LogP contribution in [0.15, 0.2) is 24.3 Å². The molecule has 20 heavy (non-hydrogen) atoms. The number of nitrogens with zero attached hydrogens (tertiary/aromatic N) is 1. The molecular weight excluding hydrogens is 250 g/mol. The first-order valence-electron chi connectivity index (χ1n) is 7.83. The molecule has 1 N–H and O–H groups in total. The van der Waals surface area contributed by atoms with Crippen LogP contribution < -0.4 is 4.74 Å². The number of aliphatic hydroxyl groups excluding tert-OH is 1. The molecule has 0 saturated carbocycles. The molecule has 2 atom stereocenters. The lowest BCUT2D eigenvalue weighted by molar-refractivity contribution is 0.0438. The molecule has 0 aromatic heterocycles. The maximum Gasteiger partial charge on any atom is 0.119 e. The topological polar surface area (TPSA) is 32.7 Å². The Balaban J connectivity index is 1.74. The Labute approximate surface area is 122 Å². The number of likely N-dealkylation sites (tertiary alicyclic amines) is 1. The zero-order chi connectivity index (χ0) is 14.4. The maximum atomic E-state index is 10.1. The number of piperidine rings is 1. The second-order valence-corrected chi connectivity index (χ2v) is 5.80. The van der Waals surface area contributed by atoms with Crippen molar-refractivity contribution in [3.8, 4) is 5.75 Å². The van der Waals surface area contributed by atoms with Gasteiger partial charge in [-0.3, -0.25) is 4.90 Å². The van der Waals surface area contributed by atoms with Gasteiger partial charge in [-0.1, -0.05) is 25.5 Å². The molecule has 1 heterocycles. The van der Waals surface area contributed by atoms with Gasteiger partial charge in [-0.15, -0.1) is 0 Å². The van der Waals surface area contributed by atoms with E-state index in [1.165, 1.54) is 24.8 Å². The van der Waals surface area contributed by atoms with Crippen molar-refractivity contribution in [3.63, 3.8) is 0 Å². The molecule has 1 aliphatic heterocycles. The molecule has 112 valence electrons. The summed E-state index contributed by atoms with van der Waals surface area (Å²) in [5.74, 6) is 0.841. The summed E-state index contributed by atoms with van der Waals surface area (Å²) in [6, 6.07) is 8.70. The van der Waals surface area contributed by atoms with E-state index < -0.39 is 6.10 Å². The van der Waals surface area contributed by atoms with Gasteiger partial charge in [0, 0.05) is 12.6 Å². The largest absolute Gasteiger partial charge is 0.491 e. The number of β-amino-alcohol motifs (C(OH)–C–C–N with tert-alkyl or cyclic N) is 1. The van der Waals surface area contributed by atoms with Crippen LogP contribution >= 0.6 is 0 Å². The third-order valence-electron chi connectivity index (χ3n) is 4.16. The van der Waals surface area contributed by atoms with Crippen LogP contribution in [-0.4, -0.2) is 41.8 Å². The van der Waals surface area contributed by atoms with Gasteiger partial charge in [0.25, 0.3) is 0 Å². The van der Waals surface area contributed by atoms with Gasteiger partial charge >= 0.3 is 0 Å². The second-order valence-electron chi connectivity index (χ2n) is 5.80. The predicted octanol–water partition coefficient (Wildman–Crippen LogP) is 2.86. The van der Waals surface area contributed by atoms with Gasteiger partial charge in [-0.05, 0) is 50.4 Å². The van der Waals surface area contributed by atoms with E-state index in [-0.39, 0.29) is 0 Å². The smallest absolute Gasteiger partial charge is 0.119 e. The summed E-state index contributed by atoms with van der Waals surface area (Å²) in [5, 5.41) is 10.1. The van der Waals surface area contributed by atoms with Gasteiger partial charge in [0.2, 0.25) is 0 Å². The predicted molar refractivity (Wildman–Crippen MR) is 82.2 cm³/mol. The summed E-state index contributed by atoms with van der Waals surface area (Å²) in [7, 11) is 0. The van der Waals surface area contributed by atoms with Crippen LogP contribution in [0.1, 0.15) is 38.7 Å². The first kappa shape index (κ1) is 15.3. The van der Waals surface area contributed by atoms with Crippen molar-refractivity contribution in [1.82, 2.24) is 4.90 Å². The van der Waals surface area contributed by atoms with E-state index >= 15 is 0 Å². The van der Waals surface area contributed by atoms with Gasteiger partial charge in [-0.25, -0.2) is 0 Å². The Kier molecular flexibility index (Phi) is 5.86. The highest BCUT2D eigenvalue weighted by Gasteiger charge is 2.20. The van der Waals surface area contributed by atoms with Gasteiger partial charge in [-0.2, -0.15) is 0 Å².